The summed E-state index contributed by atoms with van der Waals surface area (Å²) in [5.41, 5.74) is -1.88. The number of phenolic OH excluding ortho intramolecular Hbond substituents is 2. The van der Waals surface area contributed by atoms with E-state index in [9.17, 15) is 28.2 Å². The van der Waals surface area contributed by atoms with Crippen LogP contribution in [0.4, 0.5) is 31.5 Å². The number of para-hydroxylation sites is 3. The highest BCUT2D eigenvalue weighted by Crippen LogP contribution is 2.55. The molecule has 0 bridgehead atoms. The van der Waals surface area contributed by atoms with Gasteiger partial charge in [0.15, 0.2) is 31.8 Å². The Balaban J connectivity index is 0.901. The number of phenols is 2. The van der Waals surface area contributed by atoms with Gasteiger partial charge in [0.2, 0.25) is 0 Å². The minimum Gasteiger partial charge on any atom is -0.506 e. The van der Waals surface area contributed by atoms with E-state index in [1.807, 2.05) is 0 Å². The Hall–Kier alpha value is -8.45. The molecule has 0 saturated carbocycles. The zero-order chi connectivity index (χ0) is 59.9. The molecule has 6 aromatic carbocycles. The van der Waals surface area contributed by atoms with E-state index < -0.39 is 71.8 Å². The number of nitrogens with one attached hydrogen (secondary N) is 2. The number of oxazole rings is 1. The van der Waals surface area contributed by atoms with Crippen molar-refractivity contribution in [1.82, 2.24) is 15.0 Å². The van der Waals surface area contributed by atoms with Crippen molar-refractivity contribution < 1.29 is 59.3 Å². The summed E-state index contributed by atoms with van der Waals surface area (Å²) >= 11 is 7.12. The standard InChI is InChI=1S/C61H49Br2F2N7O11S2/c1-60(2)26-41-56(84(77,78)30-60)54(71(58(75)43-28-66-21-22-67-43)45-11-7-13-47(73)52(45)69-41)36-20-18-35(24-40(36)65)83-50-16-6-9-33(51(50)63)25-61(3)27-42-57(85(79,80)31-61)55(37-19-17-34(23-39(37)64)82-49-15-5-4-10-38(49)62)72(59(76)44-29-81-32-68-44)46-12-8-14-48(74)53(46)70-42/h4-24,28-29,32,54-55,69-70,73-74H,25-27,30-31H2,1-3H3. The highest BCUT2D eigenvalue weighted by atomic mass is 79.9. The number of hydrogen-bond donors (Lipinski definition) is 4. The van der Waals surface area contributed by atoms with Crippen LogP contribution in [0.3, 0.4) is 0 Å². The molecular formula is C61H49Br2F2N7O11S2. The van der Waals surface area contributed by atoms with Crippen LogP contribution in [0.15, 0.2) is 181 Å². The van der Waals surface area contributed by atoms with Crippen LogP contribution in [0, 0.1) is 22.5 Å². The van der Waals surface area contributed by atoms with Crippen molar-refractivity contribution >= 4 is 86.1 Å². The summed E-state index contributed by atoms with van der Waals surface area (Å²) in [4.78, 5) is 43.4. The molecule has 0 aliphatic carbocycles. The lowest BCUT2D eigenvalue weighted by molar-refractivity contribution is 0.0967. The fourth-order valence-corrected chi connectivity index (χ4v) is 17.4. The van der Waals surface area contributed by atoms with Gasteiger partial charge >= 0.3 is 0 Å². The highest BCUT2D eigenvalue weighted by molar-refractivity contribution is 9.11. The Morgan fingerprint density at radius 2 is 1.24 bits per heavy atom. The molecule has 3 atom stereocenters. The first kappa shape index (κ1) is 57.0. The van der Waals surface area contributed by atoms with Gasteiger partial charge in [0, 0.05) is 47.0 Å². The number of benzene rings is 6. The molecule has 6 heterocycles. The number of carbonyl (C=O) groups is 2. The lowest BCUT2D eigenvalue weighted by Gasteiger charge is -2.39. The first-order valence-corrected chi connectivity index (χ1v) is 31.3. The second-order valence-electron chi connectivity index (χ2n) is 22.2. The molecule has 434 valence electrons. The lowest BCUT2D eigenvalue weighted by atomic mass is 9.80. The predicted octanol–water partition coefficient (Wildman–Crippen LogP) is 13.2. The average molecular weight is 1320 g/mol. The predicted molar refractivity (Wildman–Crippen MR) is 319 cm³/mol. The smallest absolute Gasteiger partial charge is 0.281 e. The molecule has 24 heteroatoms. The number of carbonyl (C=O) groups excluding carboxylic acids is 2. The van der Waals surface area contributed by atoms with Gasteiger partial charge < -0.3 is 34.7 Å². The van der Waals surface area contributed by atoms with Crippen molar-refractivity contribution in [2.45, 2.75) is 52.1 Å². The number of halogens is 4. The molecule has 2 amide bonds. The number of aromatic hydroxyl groups is 2. The van der Waals surface area contributed by atoms with Gasteiger partial charge in [-0.1, -0.05) is 57.2 Å². The Morgan fingerprint density at radius 3 is 1.80 bits per heavy atom. The summed E-state index contributed by atoms with van der Waals surface area (Å²) in [6, 6.07) is 25.1. The summed E-state index contributed by atoms with van der Waals surface area (Å²) in [5, 5.41) is 29.1. The fourth-order valence-electron chi connectivity index (χ4n) is 11.8. The molecule has 4 aliphatic heterocycles. The van der Waals surface area contributed by atoms with Crippen LogP contribution < -0.4 is 29.9 Å². The number of amides is 2. The SMILES string of the molecule is CC1(C)CC2=C(C(c3ccc(Oc4cccc(CC5(C)CC6=C(C(c7ccc(Oc8ccccc8Br)cc7F)N(C(=O)c7cocn7)c7cccc(O)c7N6)S(=O)(=O)C5)c4Br)cc3F)N(C(=O)c3cnccn3)c3cccc(O)c3N2)S(=O)(=O)C1. The number of sulfone groups is 2. The summed E-state index contributed by atoms with van der Waals surface area (Å²) in [6.07, 6.45) is 6.17. The van der Waals surface area contributed by atoms with E-state index >= 15 is 17.2 Å². The topological polar surface area (TPSA) is 244 Å². The van der Waals surface area contributed by atoms with Gasteiger partial charge in [0.1, 0.15) is 81.5 Å². The van der Waals surface area contributed by atoms with Crippen LogP contribution in [0.25, 0.3) is 0 Å². The molecule has 18 nitrogen and oxygen atoms in total. The molecule has 0 radical (unpaired) electrons. The van der Waals surface area contributed by atoms with E-state index in [-0.39, 0.29) is 120 Å². The van der Waals surface area contributed by atoms with Gasteiger partial charge in [-0.2, -0.15) is 0 Å². The Kier molecular flexibility index (Phi) is 14.5. The van der Waals surface area contributed by atoms with E-state index in [1.165, 1.54) is 79.3 Å². The van der Waals surface area contributed by atoms with E-state index in [4.69, 9.17) is 13.9 Å². The van der Waals surface area contributed by atoms with Crippen molar-refractivity contribution in [2.75, 3.05) is 31.9 Å². The van der Waals surface area contributed by atoms with E-state index in [0.29, 0.717) is 20.3 Å². The normalized spacial score (nSPS) is 20.1. The van der Waals surface area contributed by atoms with Gasteiger partial charge in [-0.3, -0.25) is 24.4 Å². The number of fused-ring (bicyclic) bond motifs is 2. The number of ether oxygens (including phenoxy) is 2. The second-order valence-corrected chi connectivity index (χ2v) is 27.7. The second kappa shape index (κ2) is 21.6. The van der Waals surface area contributed by atoms with Crippen LogP contribution in [0.1, 0.15) is 83.4 Å². The Morgan fingerprint density at radius 1 is 0.682 bits per heavy atom. The molecule has 85 heavy (non-hydrogen) atoms. The van der Waals surface area contributed by atoms with Gasteiger partial charge in [-0.25, -0.2) is 35.6 Å². The lowest BCUT2D eigenvalue weighted by Crippen LogP contribution is -2.42. The molecule has 3 unspecified atom stereocenters. The number of aromatic nitrogens is 3. The maximum absolute atomic E-state index is 17.3. The van der Waals surface area contributed by atoms with E-state index in [0.717, 1.165) is 34.6 Å². The first-order valence-electron chi connectivity index (χ1n) is 26.4. The maximum Gasteiger partial charge on any atom is 0.281 e. The molecule has 4 aliphatic rings. The van der Waals surface area contributed by atoms with Gasteiger partial charge in [0.25, 0.3) is 11.8 Å². The van der Waals surface area contributed by atoms with Crippen molar-refractivity contribution in [1.29, 1.82) is 0 Å². The van der Waals surface area contributed by atoms with Crippen LogP contribution >= 0.6 is 31.9 Å². The average Bonchev–Trinajstić information content (AvgIpc) is 1.74. The Bertz CT molecular complexity index is 4380. The fraction of sp³-hybridized carbons (Fsp3) is 0.197. The van der Waals surface area contributed by atoms with E-state index in [2.05, 4.69) is 57.4 Å². The molecule has 0 saturated heterocycles. The van der Waals surface area contributed by atoms with Crippen LogP contribution in [0.2, 0.25) is 0 Å². The molecule has 0 spiro atoms. The number of hydrogen-bond acceptors (Lipinski definition) is 16. The number of allylic oxidation sites excluding steroid dienone is 2. The van der Waals surface area contributed by atoms with Crippen molar-refractivity contribution in [2.24, 2.45) is 10.8 Å². The van der Waals surface area contributed by atoms with Gasteiger partial charge in [0.05, 0.1) is 47.8 Å². The van der Waals surface area contributed by atoms with Crippen LogP contribution in [-0.2, 0) is 26.1 Å². The van der Waals surface area contributed by atoms with Crippen molar-refractivity contribution in [3.8, 4) is 34.5 Å². The maximum atomic E-state index is 17.3. The quantitative estimate of drug-likeness (QED) is 0.0930. The molecular weight excluding hydrogens is 1270 g/mol. The molecule has 0 fully saturated rings. The summed E-state index contributed by atoms with van der Waals surface area (Å²) in [7, 11) is -8.78. The minimum atomic E-state index is -4.52. The number of anilines is 4. The highest BCUT2D eigenvalue weighted by Gasteiger charge is 2.51. The third-order valence-corrected chi connectivity index (χ3v) is 21.2. The number of rotatable bonds is 10. The van der Waals surface area contributed by atoms with E-state index in [1.54, 1.807) is 63.2 Å². The third kappa shape index (κ3) is 10.6. The zero-order valence-electron chi connectivity index (χ0n) is 45.2. The van der Waals surface area contributed by atoms with Crippen LogP contribution in [-0.4, -0.2) is 65.3 Å². The Labute approximate surface area is 503 Å². The minimum absolute atomic E-state index is 0.0175. The monoisotopic (exact) mass is 1320 g/mol. The van der Waals surface area contributed by atoms with Crippen molar-refractivity contribution in [3.63, 3.8) is 0 Å². The first-order chi connectivity index (χ1) is 40.5. The summed E-state index contributed by atoms with van der Waals surface area (Å²) < 4.78 is 113. The third-order valence-electron chi connectivity index (χ3n) is 15.1. The molecule has 12 rings (SSSR count). The zero-order valence-corrected chi connectivity index (χ0v) is 50.0. The van der Waals surface area contributed by atoms with Gasteiger partial charge in [-0.05, 0) is 134 Å². The summed E-state index contributed by atoms with van der Waals surface area (Å²) in [5.74, 6) is -4.38. The van der Waals surface area contributed by atoms with Gasteiger partial charge in [-0.15, -0.1) is 0 Å². The van der Waals surface area contributed by atoms with Crippen LogP contribution in [0.5, 0.6) is 34.5 Å². The largest absolute Gasteiger partial charge is 0.506 e. The summed E-state index contributed by atoms with van der Waals surface area (Å²) in [6.45, 7) is 5.31. The molecule has 4 N–H and O–H groups in total. The number of nitrogens with zero attached hydrogens (tertiary/aromatic N) is 5. The molecule has 8 aromatic rings. The van der Waals surface area contributed by atoms with Crippen molar-refractivity contribution in [3.05, 3.63) is 216 Å². The molecule has 2 aromatic heterocycles.